The van der Waals surface area contributed by atoms with E-state index in [-0.39, 0.29) is 11.5 Å². The molecule has 0 unspecified atom stereocenters. The Bertz CT molecular complexity index is 447. The highest BCUT2D eigenvalue weighted by Crippen LogP contribution is 2.25. The Morgan fingerprint density at radius 2 is 2.11 bits per heavy atom. The van der Waals surface area contributed by atoms with Crippen LogP contribution in [-0.4, -0.2) is 29.1 Å². The van der Waals surface area contributed by atoms with Crippen molar-refractivity contribution in [1.82, 2.24) is 4.98 Å². The van der Waals surface area contributed by atoms with Crippen molar-refractivity contribution in [2.45, 2.75) is 32.2 Å². The van der Waals surface area contributed by atoms with Crippen molar-refractivity contribution in [3.05, 3.63) is 22.2 Å². The first-order valence-corrected chi connectivity index (χ1v) is 6.18. The number of aromatic nitrogens is 1. The van der Waals surface area contributed by atoms with Crippen molar-refractivity contribution < 1.29 is 9.66 Å². The van der Waals surface area contributed by atoms with Crippen molar-refractivity contribution in [1.29, 1.82) is 0 Å². The summed E-state index contributed by atoms with van der Waals surface area (Å²) in [6, 6.07) is 2.82. The van der Waals surface area contributed by atoms with Crippen molar-refractivity contribution in [3.8, 4) is 5.88 Å². The largest absolute Gasteiger partial charge is 0.481 e. The summed E-state index contributed by atoms with van der Waals surface area (Å²) in [6.07, 6.45) is 1.54. The first-order valence-electron chi connectivity index (χ1n) is 6.18. The minimum atomic E-state index is -0.481. The lowest BCUT2D eigenvalue weighted by Gasteiger charge is -2.26. The van der Waals surface area contributed by atoms with Crippen LogP contribution in [0.15, 0.2) is 12.1 Å². The van der Waals surface area contributed by atoms with Crippen molar-refractivity contribution in [3.63, 3.8) is 0 Å². The molecule has 1 aromatic heterocycles. The van der Waals surface area contributed by atoms with Crippen LogP contribution in [0, 0.1) is 10.1 Å². The van der Waals surface area contributed by atoms with Gasteiger partial charge in [-0.2, -0.15) is 4.98 Å². The summed E-state index contributed by atoms with van der Waals surface area (Å²) in [6.45, 7) is 4.39. The first kappa shape index (κ1) is 15.2. The summed E-state index contributed by atoms with van der Waals surface area (Å²) in [5, 5.41) is 13.9. The zero-order valence-electron chi connectivity index (χ0n) is 11.5. The molecule has 1 rings (SSSR count). The van der Waals surface area contributed by atoms with Gasteiger partial charge in [-0.3, -0.25) is 10.1 Å². The van der Waals surface area contributed by atoms with Gasteiger partial charge >= 0.3 is 5.69 Å². The van der Waals surface area contributed by atoms with Crippen molar-refractivity contribution in [2.75, 3.05) is 19.0 Å². The number of nitrogens with two attached hydrogens (primary N) is 1. The normalized spacial score (nSPS) is 11.2. The Hall–Kier alpha value is -1.89. The maximum absolute atomic E-state index is 10.9. The second kappa shape index (κ2) is 6.33. The number of nitro groups is 1. The van der Waals surface area contributed by atoms with E-state index >= 15 is 0 Å². The van der Waals surface area contributed by atoms with Gasteiger partial charge in [0.2, 0.25) is 11.7 Å². The van der Waals surface area contributed by atoms with Crippen LogP contribution >= 0.6 is 0 Å². The van der Waals surface area contributed by atoms with Gasteiger partial charge in [-0.1, -0.05) is 13.8 Å². The van der Waals surface area contributed by atoms with Crippen LogP contribution in [-0.2, 0) is 0 Å². The van der Waals surface area contributed by atoms with Crippen LogP contribution in [0.2, 0.25) is 0 Å². The Morgan fingerprint density at radius 1 is 1.47 bits per heavy atom. The molecule has 0 saturated heterocycles. The van der Waals surface area contributed by atoms with Gasteiger partial charge in [0.1, 0.15) is 0 Å². The number of hydrogen-bond donors (Lipinski definition) is 2. The molecule has 0 amide bonds. The van der Waals surface area contributed by atoms with E-state index in [1.54, 1.807) is 0 Å². The molecule has 1 aromatic rings. The third-order valence-electron chi connectivity index (χ3n) is 3.27. The van der Waals surface area contributed by atoms with E-state index in [4.69, 9.17) is 10.5 Å². The molecular weight excluding hydrogens is 248 g/mol. The van der Waals surface area contributed by atoms with Crippen LogP contribution in [0.25, 0.3) is 0 Å². The number of hydrogen-bond acceptors (Lipinski definition) is 6. The fourth-order valence-electron chi connectivity index (χ4n) is 1.58. The number of nitrogens with zero attached hydrogens (tertiary/aromatic N) is 2. The number of pyridine rings is 1. The minimum Gasteiger partial charge on any atom is -0.481 e. The van der Waals surface area contributed by atoms with Gasteiger partial charge in [-0.05, 0) is 12.8 Å². The molecule has 19 heavy (non-hydrogen) atoms. The van der Waals surface area contributed by atoms with Crippen LogP contribution < -0.4 is 15.8 Å². The molecule has 0 atom stereocenters. The molecule has 0 spiro atoms. The van der Waals surface area contributed by atoms with Gasteiger partial charge in [-0.25, -0.2) is 0 Å². The lowest BCUT2D eigenvalue weighted by atomic mass is 9.94. The molecule has 0 aliphatic heterocycles. The summed E-state index contributed by atoms with van der Waals surface area (Å²) in [5.41, 5.74) is 5.66. The lowest BCUT2D eigenvalue weighted by molar-refractivity contribution is -0.384. The quantitative estimate of drug-likeness (QED) is 0.578. The highest BCUT2D eigenvalue weighted by molar-refractivity contribution is 5.57. The summed E-state index contributed by atoms with van der Waals surface area (Å²) in [7, 11) is 1.46. The molecule has 1 heterocycles. The lowest BCUT2D eigenvalue weighted by Crippen LogP contribution is -2.45. The van der Waals surface area contributed by atoms with Crippen molar-refractivity contribution >= 4 is 11.5 Å². The van der Waals surface area contributed by atoms with Gasteiger partial charge in [0.25, 0.3) is 0 Å². The molecule has 3 N–H and O–H groups in total. The van der Waals surface area contributed by atoms with Gasteiger partial charge in [0.15, 0.2) is 0 Å². The average molecular weight is 268 g/mol. The van der Waals surface area contributed by atoms with Gasteiger partial charge in [0.05, 0.1) is 12.0 Å². The number of rotatable bonds is 7. The van der Waals surface area contributed by atoms with E-state index in [0.29, 0.717) is 12.4 Å². The number of ether oxygens (including phenoxy) is 1. The van der Waals surface area contributed by atoms with E-state index in [1.165, 1.54) is 19.2 Å². The van der Waals surface area contributed by atoms with E-state index in [1.807, 2.05) is 13.8 Å². The third kappa shape index (κ3) is 3.78. The predicted octanol–water partition coefficient (Wildman–Crippen LogP) is 1.93. The Balaban J connectivity index is 2.95. The van der Waals surface area contributed by atoms with Crippen LogP contribution in [0.1, 0.15) is 26.7 Å². The predicted molar refractivity (Wildman–Crippen MR) is 73.4 cm³/mol. The topological polar surface area (TPSA) is 103 Å². The molecule has 0 bridgehead atoms. The Labute approximate surface area is 112 Å². The Morgan fingerprint density at radius 3 is 2.58 bits per heavy atom. The summed E-state index contributed by atoms with van der Waals surface area (Å²) >= 11 is 0. The second-order valence-corrected chi connectivity index (χ2v) is 4.40. The number of nitrogens with one attached hydrogen (secondary N) is 1. The second-order valence-electron chi connectivity index (χ2n) is 4.40. The highest BCUT2D eigenvalue weighted by Gasteiger charge is 2.23. The van der Waals surface area contributed by atoms with Crippen LogP contribution in [0.5, 0.6) is 5.88 Å². The zero-order chi connectivity index (χ0) is 14.5. The molecule has 0 aliphatic carbocycles. The maximum atomic E-state index is 10.9. The van der Waals surface area contributed by atoms with Gasteiger partial charge < -0.3 is 15.8 Å². The third-order valence-corrected chi connectivity index (χ3v) is 3.27. The van der Waals surface area contributed by atoms with Gasteiger partial charge in [0, 0.05) is 24.2 Å². The zero-order valence-corrected chi connectivity index (χ0v) is 11.5. The summed E-state index contributed by atoms with van der Waals surface area (Å²) in [4.78, 5) is 14.5. The monoisotopic (exact) mass is 268 g/mol. The molecule has 0 saturated carbocycles. The van der Waals surface area contributed by atoms with Crippen LogP contribution in [0.4, 0.5) is 11.5 Å². The smallest absolute Gasteiger partial charge is 0.311 e. The molecule has 106 valence electrons. The van der Waals surface area contributed by atoms with Gasteiger partial charge in [-0.15, -0.1) is 0 Å². The fourth-order valence-corrected chi connectivity index (χ4v) is 1.58. The van der Waals surface area contributed by atoms with E-state index < -0.39 is 10.5 Å². The molecular formula is C12H20N4O3. The molecule has 0 aliphatic rings. The minimum absolute atomic E-state index is 0.0876. The number of methoxy groups -OCH3 is 1. The highest BCUT2D eigenvalue weighted by atomic mass is 16.6. The van der Waals surface area contributed by atoms with Crippen molar-refractivity contribution in [2.24, 2.45) is 5.73 Å². The molecule has 7 heteroatoms. The Kier molecular flexibility index (Phi) is 5.05. The van der Waals surface area contributed by atoms with E-state index in [2.05, 4.69) is 10.3 Å². The summed E-state index contributed by atoms with van der Waals surface area (Å²) in [5.74, 6) is 0.504. The molecule has 0 fully saturated rings. The number of anilines is 1. The van der Waals surface area contributed by atoms with E-state index in [0.717, 1.165) is 12.8 Å². The van der Waals surface area contributed by atoms with E-state index in [9.17, 15) is 10.1 Å². The first-order chi connectivity index (χ1) is 8.95. The molecule has 0 aromatic carbocycles. The van der Waals surface area contributed by atoms with Crippen LogP contribution in [0.3, 0.4) is 0 Å². The summed E-state index contributed by atoms with van der Waals surface area (Å²) < 4.78 is 4.97. The fraction of sp³-hybridized carbons (Fsp3) is 0.583. The maximum Gasteiger partial charge on any atom is 0.311 e. The average Bonchev–Trinajstić information content (AvgIpc) is 2.44. The standard InChI is InChI=1S/C12H20N4O3/c1-4-12(13,5-2)8-14-11-9(16(17)18)6-7-10(15-11)19-3/h6-7H,4-5,8,13H2,1-3H3,(H,14,15). The molecule has 0 radical (unpaired) electrons. The molecule has 7 nitrogen and oxygen atoms in total. The SMILES string of the molecule is CCC(N)(CC)CNc1nc(OC)ccc1[N+](=O)[O-].